The van der Waals surface area contributed by atoms with E-state index in [0.717, 1.165) is 34.4 Å². The summed E-state index contributed by atoms with van der Waals surface area (Å²) in [5.41, 5.74) is 1.02. The lowest BCUT2D eigenvalue weighted by atomic mass is 10.0. The van der Waals surface area contributed by atoms with Crippen LogP contribution in [0.3, 0.4) is 0 Å². The number of benzene rings is 1. The molecule has 1 N–H and O–H groups in total. The van der Waals surface area contributed by atoms with Gasteiger partial charge in [0.2, 0.25) is 5.91 Å². The zero-order chi connectivity index (χ0) is 14.8. The van der Waals surface area contributed by atoms with Gasteiger partial charge in [-0.15, -0.1) is 0 Å². The molecule has 5 heteroatoms. The van der Waals surface area contributed by atoms with Gasteiger partial charge in [0.05, 0.1) is 6.04 Å². The average molecular weight is 354 g/mol. The molecule has 114 valence electrons. The second-order valence-electron chi connectivity index (χ2n) is 5.73. The van der Waals surface area contributed by atoms with Crippen LogP contribution in [0, 0.1) is 5.92 Å². The van der Waals surface area contributed by atoms with Crippen molar-refractivity contribution in [1.82, 2.24) is 5.32 Å². The van der Waals surface area contributed by atoms with Crippen LogP contribution in [0.2, 0.25) is 0 Å². The second kappa shape index (κ2) is 6.26. The quantitative estimate of drug-likeness (QED) is 0.903. The first-order valence-electron chi connectivity index (χ1n) is 7.54. The molecule has 2 aliphatic rings. The fourth-order valence-corrected chi connectivity index (χ4v) is 3.67. The summed E-state index contributed by atoms with van der Waals surface area (Å²) in [7, 11) is 0. The lowest BCUT2D eigenvalue weighted by Crippen LogP contribution is -2.31. The van der Waals surface area contributed by atoms with Gasteiger partial charge >= 0.3 is 0 Å². The first-order valence-corrected chi connectivity index (χ1v) is 8.34. The van der Waals surface area contributed by atoms with Crippen LogP contribution in [-0.2, 0) is 4.79 Å². The fraction of sp³-hybridized carbons (Fsp3) is 0.562. The molecular weight excluding hydrogens is 334 g/mol. The standard InChI is InChI=1S/C16H20BrNO3/c1-10(18-16(19)11-4-2-3-5-11)12-8-14-15(9-13(12)17)21-7-6-20-14/h8-11H,2-7H2,1H3,(H,18,19)/t10-/m1/s1. The smallest absolute Gasteiger partial charge is 0.223 e. The number of halogens is 1. The summed E-state index contributed by atoms with van der Waals surface area (Å²) in [4.78, 5) is 12.2. The Morgan fingerprint density at radius 2 is 1.86 bits per heavy atom. The molecule has 1 aliphatic heterocycles. The summed E-state index contributed by atoms with van der Waals surface area (Å²) in [5, 5.41) is 3.12. The maximum atomic E-state index is 12.2. The van der Waals surface area contributed by atoms with Crippen LogP contribution in [-0.4, -0.2) is 19.1 Å². The van der Waals surface area contributed by atoms with E-state index in [-0.39, 0.29) is 17.9 Å². The van der Waals surface area contributed by atoms with Crippen LogP contribution in [0.1, 0.15) is 44.2 Å². The van der Waals surface area contributed by atoms with Crippen molar-refractivity contribution in [2.45, 2.75) is 38.6 Å². The van der Waals surface area contributed by atoms with Gasteiger partial charge in [0.15, 0.2) is 11.5 Å². The van der Waals surface area contributed by atoms with Crippen molar-refractivity contribution in [3.05, 3.63) is 22.2 Å². The summed E-state index contributed by atoms with van der Waals surface area (Å²) in [5.74, 6) is 1.86. The molecule has 1 aliphatic carbocycles. The van der Waals surface area contributed by atoms with Gasteiger partial charge in [0, 0.05) is 10.4 Å². The molecule has 0 unspecified atom stereocenters. The predicted molar refractivity (Wildman–Crippen MR) is 83.6 cm³/mol. The van der Waals surface area contributed by atoms with E-state index in [9.17, 15) is 4.79 Å². The van der Waals surface area contributed by atoms with E-state index in [0.29, 0.717) is 13.2 Å². The van der Waals surface area contributed by atoms with Crippen molar-refractivity contribution in [3.63, 3.8) is 0 Å². The fourth-order valence-electron chi connectivity index (χ4n) is 3.01. The Kier molecular flexibility index (Phi) is 4.38. The Morgan fingerprint density at radius 3 is 2.52 bits per heavy atom. The van der Waals surface area contributed by atoms with Crippen LogP contribution in [0.15, 0.2) is 16.6 Å². The topological polar surface area (TPSA) is 47.6 Å². The number of nitrogens with one attached hydrogen (secondary N) is 1. The molecule has 0 saturated heterocycles. The monoisotopic (exact) mass is 353 g/mol. The lowest BCUT2D eigenvalue weighted by Gasteiger charge is -2.23. The van der Waals surface area contributed by atoms with E-state index in [2.05, 4.69) is 21.2 Å². The number of amides is 1. The molecule has 1 heterocycles. The van der Waals surface area contributed by atoms with Gasteiger partial charge in [-0.3, -0.25) is 4.79 Å². The van der Waals surface area contributed by atoms with Crippen LogP contribution < -0.4 is 14.8 Å². The van der Waals surface area contributed by atoms with Crippen LogP contribution >= 0.6 is 15.9 Å². The Morgan fingerprint density at radius 1 is 1.24 bits per heavy atom. The van der Waals surface area contributed by atoms with E-state index in [1.54, 1.807) is 0 Å². The molecule has 1 aromatic carbocycles. The third-order valence-corrected chi connectivity index (χ3v) is 4.90. The van der Waals surface area contributed by atoms with Crippen LogP contribution in [0.5, 0.6) is 11.5 Å². The van der Waals surface area contributed by atoms with E-state index in [4.69, 9.17) is 9.47 Å². The Balaban J connectivity index is 1.74. The SMILES string of the molecule is C[C@@H](NC(=O)C1CCCC1)c1cc2c(cc1Br)OCCO2. The summed E-state index contributed by atoms with van der Waals surface area (Å²) in [6.45, 7) is 3.15. The van der Waals surface area contributed by atoms with E-state index in [1.807, 2.05) is 19.1 Å². The molecule has 0 spiro atoms. The molecule has 1 amide bonds. The molecule has 21 heavy (non-hydrogen) atoms. The molecule has 4 nitrogen and oxygen atoms in total. The number of rotatable bonds is 3. The number of carbonyl (C=O) groups is 1. The number of hydrogen-bond donors (Lipinski definition) is 1. The van der Waals surface area contributed by atoms with Gasteiger partial charge in [-0.25, -0.2) is 0 Å². The van der Waals surface area contributed by atoms with E-state index < -0.39 is 0 Å². The molecule has 0 aromatic heterocycles. The lowest BCUT2D eigenvalue weighted by molar-refractivity contribution is -0.125. The summed E-state index contributed by atoms with van der Waals surface area (Å²) in [6, 6.07) is 3.82. The largest absolute Gasteiger partial charge is 0.486 e. The highest BCUT2D eigenvalue weighted by molar-refractivity contribution is 9.10. The van der Waals surface area contributed by atoms with Crippen molar-refractivity contribution in [3.8, 4) is 11.5 Å². The van der Waals surface area contributed by atoms with Gasteiger partial charge in [-0.05, 0) is 37.5 Å². The normalized spacial score (nSPS) is 19.3. The number of ether oxygens (including phenoxy) is 2. The van der Waals surface area contributed by atoms with E-state index >= 15 is 0 Å². The van der Waals surface area contributed by atoms with Crippen molar-refractivity contribution >= 4 is 21.8 Å². The maximum absolute atomic E-state index is 12.2. The van der Waals surface area contributed by atoms with E-state index in [1.165, 1.54) is 12.8 Å². The Bertz CT molecular complexity index is 541. The van der Waals surface area contributed by atoms with Gasteiger partial charge in [-0.1, -0.05) is 28.8 Å². The zero-order valence-corrected chi connectivity index (χ0v) is 13.7. The maximum Gasteiger partial charge on any atom is 0.223 e. The van der Waals surface area contributed by atoms with Gasteiger partial charge in [0.1, 0.15) is 13.2 Å². The third kappa shape index (κ3) is 3.18. The first-order chi connectivity index (χ1) is 10.1. The van der Waals surface area contributed by atoms with Gasteiger partial charge in [0.25, 0.3) is 0 Å². The van der Waals surface area contributed by atoms with Crippen LogP contribution in [0.25, 0.3) is 0 Å². The van der Waals surface area contributed by atoms with Crippen molar-refractivity contribution in [2.24, 2.45) is 5.92 Å². The van der Waals surface area contributed by atoms with Crippen molar-refractivity contribution in [1.29, 1.82) is 0 Å². The minimum Gasteiger partial charge on any atom is -0.486 e. The Labute approximate surface area is 133 Å². The summed E-state index contributed by atoms with van der Waals surface area (Å²) < 4.78 is 12.1. The summed E-state index contributed by atoms with van der Waals surface area (Å²) in [6.07, 6.45) is 4.36. The Hall–Kier alpha value is -1.23. The van der Waals surface area contributed by atoms with Crippen LogP contribution in [0.4, 0.5) is 0 Å². The minimum atomic E-state index is -0.0525. The molecule has 1 aromatic rings. The molecule has 1 fully saturated rings. The third-order valence-electron chi connectivity index (χ3n) is 4.21. The first kappa shape index (κ1) is 14.7. The molecule has 1 atom stereocenters. The highest BCUT2D eigenvalue weighted by atomic mass is 79.9. The molecular formula is C16H20BrNO3. The summed E-state index contributed by atoms with van der Waals surface area (Å²) >= 11 is 3.56. The number of fused-ring (bicyclic) bond motifs is 1. The van der Waals surface area contributed by atoms with Crippen molar-refractivity contribution < 1.29 is 14.3 Å². The highest BCUT2D eigenvalue weighted by Crippen LogP contribution is 2.38. The van der Waals surface area contributed by atoms with Gasteiger partial charge < -0.3 is 14.8 Å². The number of carbonyl (C=O) groups excluding carboxylic acids is 1. The zero-order valence-electron chi connectivity index (χ0n) is 12.2. The second-order valence-corrected chi connectivity index (χ2v) is 6.58. The number of hydrogen-bond acceptors (Lipinski definition) is 3. The van der Waals surface area contributed by atoms with Gasteiger partial charge in [-0.2, -0.15) is 0 Å². The molecule has 1 saturated carbocycles. The van der Waals surface area contributed by atoms with Crippen molar-refractivity contribution in [2.75, 3.05) is 13.2 Å². The predicted octanol–water partition coefficient (Wildman–Crippen LogP) is 3.59. The molecule has 0 radical (unpaired) electrons. The average Bonchev–Trinajstić information content (AvgIpc) is 3.00. The minimum absolute atomic E-state index is 0.0525. The molecule has 3 rings (SSSR count). The highest BCUT2D eigenvalue weighted by Gasteiger charge is 2.25. The molecule has 0 bridgehead atoms.